The molecule has 3 N–H and O–H groups in total. The highest BCUT2D eigenvalue weighted by Gasteiger charge is 2.31. The normalized spacial score (nSPS) is 12.7. The maximum atomic E-state index is 13.9. The molecule has 1 atom stereocenters. The van der Waals surface area contributed by atoms with E-state index in [4.69, 9.17) is 11.6 Å². The lowest BCUT2D eigenvalue weighted by molar-refractivity contribution is -0.139. The number of sulfonamides is 1. The Morgan fingerprint density at radius 1 is 0.947 bits per heavy atom. The maximum Gasteiger partial charge on any atom is 0.416 e. The third kappa shape index (κ3) is 7.53. The summed E-state index contributed by atoms with van der Waals surface area (Å²) >= 11 is 5.87. The van der Waals surface area contributed by atoms with E-state index >= 15 is 0 Å². The van der Waals surface area contributed by atoms with E-state index in [1.54, 1.807) is 36.4 Å². The van der Waals surface area contributed by atoms with E-state index in [0.717, 1.165) is 11.1 Å². The Labute approximate surface area is 220 Å². The van der Waals surface area contributed by atoms with Crippen LogP contribution < -0.4 is 10.0 Å². The van der Waals surface area contributed by atoms with Crippen LogP contribution in [0.2, 0.25) is 5.02 Å². The van der Waals surface area contributed by atoms with Gasteiger partial charge in [-0.1, -0.05) is 35.9 Å². The van der Waals surface area contributed by atoms with Gasteiger partial charge in [-0.25, -0.2) is 12.8 Å². The van der Waals surface area contributed by atoms with Crippen LogP contribution in [0.4, 0.5) is 17.6 Å². The van der Waals surface area contributed by atoms with E-state index < -0.39 is 51.1 Å². The molecule has 0 heterocycles. The Morgan fingerprint density at radius 2 is 1.53 bits per heavy atom. The molecule has 0 radical (unpaired) electrons. The molecule has 202 valence electrons. The lowest BCUT2D eigenvalue weighted by Gasteiger charge is -2.15. The number of carbonyl (C=O) groups excluding carboxylic acids is 1. The van der Waals surface area contributed by atoms with Crippen LogP contribution in [0.5, 0.6) is 0 Å². The van der Waals surface area contributed by atoms with E-state index in [-0.39, 0.29) is 30.3 Å². The summed E-state index contributed by atoms with van der Waals surface area (Å²) in [6.45, 7) is -0.180. The molecule has 0 aromatic heterocycles. The molecule has 3 rings (SSSR count). The molecule has 38 heavy (non-hydrogen) atoms. The van der Waals surface area contributed by atoms with Crippen molar-refractivity contribution in [3.05, 3.63) is 88.7 Å². The van der Waals surface area contributed by atoms with Gasteiger partial charge in [0, 0.05) is 11.6 Å². The predicted octanol–water partition coefficient (Wildman–Crippen LogP) is 5.11. The number of hydrogen-bond acceptors (Lipinski definition) is 4. The monoisotopic (exact) mass is 572 g/mol. The van der Waals surface area contributed by atoms with Crippen LogP contribution in [-0.2, 0) is 21.0 Å². The Bertz CT molecular complexity index is 1410. The number of alkyl halides is 3. The van der Waals surface area contributed by atoms with E-state index in [1.165, 1.54) is 12.1 Å². The number of carboxylic acids is 1. The Morgan fingerprint density at radius 3 is 2.05 bits per heavy atom. The molecular weight excluding hydrogens is 552 g/mol. The summed E-state index contributed by atoms with van der Waals surface area (Å²) in [6, 6.07) is 12.6. The second-order valence-corrected chi connectivity index (χ2v) is 10.3. The number of hydrogen-bond donors (Lipinski definition) is 3. The van der Waals surface area contributed by atoms with Crippen LogP contribution in [-0.4, -0.2) is 38.0 Å². The zero-order chi connectivity index (χ0) is 28.1. The molecule has 3 aromatic rings. The van der Waals surface area contributed by atoms with Crippen molar-refractivity contribution in [1.29, 1.82) is 0 Å². The zero-order valence-electron chi connectivity index (χ0n) is 19.4. The van der Waals surface area contributed by atoms with Gasteiger partial charge in [-0.15, -0.1) is 0 Å². The maximum absolute atomic E-state index is 13.9. The highest BCUT2D eigenvalue weighted by atomic mass is 35.5. The first-order chi connectivity index (χ1) is 17.8. The number of nitrogens with one attached hydrogen (secondary N) is 2. The van der Waals surface area contributed by atoms with Gasteiger partial charge in [-0.05, 0) is 66.4 Å². The molecular formula is C25H21ClF4N2O5S. The molecule has 0 saturated heterocycles. The average molecular weight is 573 g/mol. The molecule has 0 unspecified atom stereocenters. The minimum Gasteiger partial charge on any atom is -0.480 e. The Balaban J connectivity index is 1.57. The minimum absolute atomic E-state index is 0.0248. The van der Waals surface area contributed by atoms with E-state index in [9.17, 15) is 40.7 Å². The molecule has 0 bridgehead atoms. The summed E-state index contributed by atoms with van der Waals surface area (Å²) < 4.78 is 79.4. The second-order valence-electron chi connectivity index (χ2n) is 8.13. The molecule has 0 aliphatic carbocycles. The molecule has 3 aromatic carbocycles. The number of amides is 1. The van der Waals surface area contributed by atoms with Crippen molar-refractivity contribution in [2.75, 3.05) is 6.54 Å². The van der Waals surface area contributed by atoms with Crippen molar-refractivity contribution in [1.82, 2.24) is 10.0 Å². The molecule has 13 heteroatoms. The summed E-state index contributed by atoms with van der Waals surface area (Å²) in [4.78, 5) is 23.6. The molecule has 0 saturated carbocycles. The first-order valence-electron chi connectivity index (χ1n) is 11.0. The quantitative estimate of drug-likeness (QED) is 0.231. The molecule has 0 spiro atoms. The zero-order valence-corrected chi connectivity index (χ0v) is 21.0. The highest BCUT2D eigenvalue weighted by molar-refractivity contribution is 7.89. The highest BCUT2D eigenvalue weighted by Crippen LogP contribution is 2.30. The number of benzene rings is 3. The molecule has 0 aliphatic rings. The standard InChI is InChI=1S/C25H21ClF4N2O5S/c26-18-8-3-15(4-9-18)16-5-10-19(11-6-16)38(36,37)32-22(24(34)35)2-1-13-31-23(33)20-12-7-17(14-21(20)27)25(28,29)30/h3-12,14,22,32H,1-2,13H2,(H,31,33)(H,34,35)/t22-/m0/s1. The van der Waals surface area contributed by atoms with Crippen molar-refractivity contribution in [3.63, 3.8) is 0 Å². The van der Waals surface area contributed by atoms with Gasteiger partial charge in [0.25, 0.3) is 5.91 Å². The van der Waals surface area contributed by atoms with E-state index in [0.29, 0.717) is 17.2 Å². The lowest BCUT2D eigenvalue weighted by Crippen LogP contribution is -2.41. The number of carboxylic acid groups (broad SMARTS) is 1. The summed E-state index contributed by atoms with van der Waals surface area (Å²) in [5, 5.41) is 12.3. The van der Waals surface area contributed by atoms with Gasteiger partial charge in [-0.2, -0.15) is 17.9 Å². The summed E-state index contributed by atoms with van der Waals surface area (Å²) in [5.74, 6) is -3.81. The Kier molecular flexibility index (Phi) is 9.13. The van der Waals surface area contributed by atoms with Gasteiger partial charge < -0.3 is 10.4 Å². The van der Waals surface area contributed by atoms with Gasteiger partial charge in [0.1, 0.15) is 11.9 Å². The average Bonchev–Trinajstić information content (AvgIpc) is 2.85. The number of carbonyl (C=O) groups is 2. The van der Waals surface area contributed by atoms with Gasteiger partial charge in [0.15, 0.2) is 0 Å². The molecule has 1 amide bonds. The van der Waals surface area contributed by atoms with Crippen molar-refractivity contribution in [2.24, 2.45) is 0 Å². The molecule has 0 fully saturated rings. The van der Waals surface area contributed by atoms with Crippen LogP contribution in [0.15, 0.2) is 71.6 Å². The Hall–Kier alpha value is -3.48. The van der Waals surface area contributed by atoms with Crippen LogP contribution in [0.3, 0.4) is 0 Å². The second kappa shape index (κ2) is 11.9. The smallest absolute Gasteiger partial charge is 0.416 e. The van der Waals surface area contributed by atoms with Crippen molar-refractivity contribution >= 4 is 33.5 Å². The fourth-order valence-corrected chi connectivity index (χ4v) is 4.79. The van der Waals surface area contributed by atoms with Crippen LogP contribution >= 0.6 is 11.6 Å². The number of halogens is 5. The SMILES string of the molecule is O=C(NCCC[C@H](NS(=O)(=O)c1ccc(-c2ccc(Cl)cc2)cc1)C(=O)O)c1ccc(C(F)(F)F)cc1F. The fourth-order valence-electron chi connectivity index (χ4n) is 3.44. The number of aliphatic carboxylic acids is 1. The topological polar surface area (TPSA) is 113 Å². The summed E-state index contributed by atoms with van der Waals surface area (Å²) in [5.41, 5.74) is -0.346. The van der Waals surface area contributed by atoms with Gasteiger partial charge in [0.2, 0.25) is 10.0 Å². The van der Waals surface area contributed by atoms with Gasteiger partial charge in [0.05, 0.1) is 16.0 Å². The third-order valence-corrected chi connectivity index (χ3v) is 7.17. The largest absolute Gasteiger partial charge is 0.480 e. The first-order valence-corrected chi connectivity index (χ1v) is 12.9. The molecule has 7 nitrogen and oxygen atoms in total. The summed E-state index contributed by atoms with van der Waals surface area (Å²) in [6.07, 6.45) is -5.02. The number of rotatable bonds is 10. The summed E-state index contributed by atoms with van der Waals surface area (Å²) in [7, 11) is -4.21. The van der Waals surface area contributed by atoms with Crippen molar-refractivity contribution in [2.45, 2.75) is 30.0 Å². The van der Waals surface area contributed by atoms with Gasteiger partial charge >= 0.3 is 12.1 Å². The minimum atomic E-state index is -4.77. The van der Waals surface area contributed by atoms with Crippen LogP contribution in [0, 0.1) is 5.82 Å². The van der Waals surface area contributed by atoms with Crippen LogP contribution in [0.1, 0.15) is 28.8 Å². The van der Waals surface area contributed by atoms with Gasteiger partial charge in [-0.3, -0.25) is 9.59 Å². The van der Waals surface area contributed by atoms with Crippen molar-refractivity contribution < 1.29 is 40.7 Å². The first kappa shape index (κ1) is 29.1. The fraction of sp³-hybridized carbons (Fsp3) is 0.200. The van der Waals surface area contributed by atoms with E-state index in [2.05, 4.69) is 10.0 Å². The predicted molar refractivity (Wildman–Crippen MR) is 132 cm³/mol. The third-order valence-electron chi connectivity index (χ3n) is 5.43. The van der Waals surface area contributed by atoms with Crippen molar-refractivity contribution in [3.8, 4) is 11.1 Å². The van der Waals surface area contributed by atoms with E-state index in [1.807, 2.05) is 0 Å². The molecule has 0 aliphatic heterocycles. The van der Waals surface area contributed by atoms with Crippen LogP contribution in [0.25, 0.3) is 11.1 Å². The lowest BCUT2D eigenvalue weighted by atomic mass is 10.1.